The molecule has 2 heterocycles. The summed E-state index contributed by atoms with van der Waals surface area (Å²) in [5, 5.41) is 3.46. The molecule has 0 atom stereocenters. The molecule has 0 bridgehead atoms. The maximum Gasteiger partial charge on any atom is 0.256 e. The van der Waals surface area contributed by atoms with Crippen molar-refractivity contribution in [2.24, 2.45) is 0 Å². The number of amides is 1. The van der Waals surface area contributed by atoms with Gasteiger partial charge < -0.3 is 5.32 Å². The van der Waals surface area contributed by atoms with E-state index in [-0.39, 0.29) is 5.91 Å². The molecular formula is C13H11Cl2N3O. The normalized spacial score (nSPS) is 10.3. The smallest absolute Gasteiger partial charge is 0.256 e. The average Bonchev–Trinajstić information content (AvgIpc) is 2.38. The molecule has 98 valence electrons. The second-order valence-corrected chi connectivity index (χ2v) is 4.66. The fourth-order valence-corrected chi connectivity index (χ4v) is 1.91. The van der Waals surface area contributed by atoms with E-state index in [1.807, 2.05) is 6.92 Å². The van der Waals surface area contributed by atoms with Crippen LogP contribution in [0, 0.1) is 0 Å². The van der Waals surface area contributed by atoms with Gasteiger partial charge in [-0.25, -0.2) is 9.97 Å². The zero-order chi connectivity index (χ0) is 13.8. The topological polar surface area (TPSA) is 54.9 Å². The van der Waals surface area contributed by atoms with Crippen molar-refractivity contribution in [3.05, 3.63) is 51.9 Å². The minimum Gasteiger partial charge on any atom is -0.307 e. The molecule has 1 amide bonds. The third kappa shape index (κ3) is 3.66. The highest BCUT2D eigenvalue weighted by atomic mass is 35.5. The van der Waals surface area contributed by atoms with Gasteiger partial charge in [0.15, 0.2) is 0 Å². The predicted octanol–water partition coefficient (Wildman–Crippen LogP) is 3.60. The summed E-state index contributed by atoms with van der Waals surface area (Å²) in [6, 6.07) is 6.42. The number of pyridine rings is 2. The average molecular weight is 296 g/mol. The third-order valence-electron chi connectivity index (χ3n) is 2.44. The van der Waals surface area contributed by atoms with Crippen molar-refractivity contribution < 1.29 is 4.79 Å². The molecule has 2 rings (SSSR count). The first-order valence-electron chi connectivity index (χ1n) is 5.68. The molecule has 0 fully saturated rings. The van der Waals surface area contributed by atoms with Gasteiger partial charge in [-0.15, -0.1) is 0 Å². The van der Waals surface area contributed by atoms with E-state index >= 15 is 0 Å². The van der Waals surface area contributed by atoms with Gasteiger partial charge in [0.25, 0.3) is 5.91 Å². The molecular weight excluding hydrogens is 285 g/mol. The van der Waals surface area contributed by atoms with E-state index in [9.17, 15) is 4.79 Å². The molecule has 6 heteroatoms. The van der Waals surface area contributed by atoms with Crippen LogP contribution < -0.4 is 5.32 Å². The Morgan fingerprint density at radius 3 is 2.79 bits per heavy atom. The minimum absolute atomic E-state index is 0.295. The summed E-state index contributed by atoms with van der Waals surface area (Å²) in [6.07, 6.45) is 2.23. The lowest BCUT2D eigenvalue weighted by Gasteiger charge is -2.06. The fourth-order valence-electron chi connectivity index (χ4n) is 1.53. The molecule has 0 aromatic carbocycles. The third-order valence-corrected chi connectivity index (χ3v) is 2.86. The second kappa shape index (κ2) is 5.99. The molecule has 0 radical (unpaired) electrons. The van der Waals surface area contributed by atoms with E-state index in [1.165, 1.54) is 12.3 Å². The largest absolute Gasteiger partial charge is 0.307 e. The Kier molecular flexibility index (Phi) is 4.35. The van der Waals surface area contributed by atoms with Crippen LogP contribution in [0.4, 0.5) is 5.82 Å². The van der Waals surface area contributed by atoms with Crippen molar-refractivity contribution in [3.63, 3.8) is 0 Å². The van der Waals surface area contributed by atoms with Gasteiger partial charge in [0.2, 0.25) is 0 Å². The van der Waals surface area contributed by atoms with Gasteiger partial charge in [-0.3, -0.25) is 4.79 Å². The lowest BCUT2D eigenvalue weighted by Crippen LogP contribution is -2.13. The molecule has 0 aliphatic carbocycles. The lowest BCUT2D eigenvalue weighted by atomic mass is 10.2. The maximum atomic E-state index is 12.1. The first-order chi connectivity index (χ1) is 9.08. The number of aryl methyl sites for hydroxylation is 1. The Hall–Kier alpha value is -1.65. The molecule has 0 aliphatic rings. The van der Waals surface area contributed by atoms with Crippen LogP contribution in [-0.4, -0.2) is 15.9 Å². The van der Waals surface area contributed by atoms with Gasteiger partial charge >= 0.3 is 0 Å². The standard InChI is InChI=1S/C13H11Cl2N3O/c1-2-10-5-8(6-11(15)17-10)13(19)18-12-7-9(14)3-4-16-12/h3-7H,2H2,1H3,(H,16,18,19). The van der Waals surface area contributed by atoms with Gasteiger partial charge in [-0.05, 0) is 30.7 Å². The van der Waals surface area contributed by atoms with Gasteiger partial charge in [0.1, 0.15) is 11.0 Å². The number of hydrogen-bond acceptors (Lipinski definition) is 3. The van der Waals surface area contributed by atoms with Crippen molar-refractivity contribution >= 4 is 34.9 Å². The molecule has 2 aromatic rings. The predicted molar refractivity (Wildman–Crippen MR) is 75.8 cm³/mol. The summed E-state index contributed by atoms with van der Waals surface area (Å²) in [6.45, 7) is 1.94. The molecule has 0 saturated heterocycles. The summed E-state index contributed by atoms with van der Waals surface area (Å²) >= 11 is 11.7. The Morgan fingerprint density at radius 1 is 1.32 bits per heavy atom. The quantitative estimate of drug-likeness (QED) is 0.880. The summed E-state index contributed by atoms with van der Waals surface area (Å²) in [4.78, 5) is 20.2. The summed E-state index contributed by atoms with van der Waals surface area (Å²) in [5.74, 6) is 0.0947. The van der Waals surface area contributed by atoms with Gasteiger partial charge in [0.05, 0.1) is 0 Å². The zero-order valence-electron chi connectivity index (χ0n) is 10.2. The fraction of sp³-hybridized carbons (Fsp3) is 0.154. The SMILES string of the molecule is CCc1cc(C(=O)Nc2cc(Cl)ccn2)cc(Cl)n1. The van der Waals surface area contributed by atoms with E-state index < -0.39 is 0 Å². The van der Waals surface area contributed by atoms with E-state index in [4.69, 9.17) is 23.2 Å². The number of rotatable bonds is 3. The zero-order valence-corrected chi connectivity index (χ0v) is 11.7. The molecule has 2 aromatic heterocycles. The van der Waals surface area contributed by atoms with E-state index in [0.29, 0.717) is 28.0 Å². The van der Waals surface area contributed by atoms with E-state index in [0.717, 1.165) is 5.69 Å². The van der Waals surface area contributed by atoms with E-state index in [2.05, 4.69) is 15.3 Å². The second-order valence-electron chi connectivity index (χ2n) is 3.84. The van der Waals surface area contributed by atoms with Gasteiger partial charge in [-0.1, -0.05) is 30.1 Å². The van der Waals surface area contributed by atoms with Crippen LogP contribution in [0.15, 0.2) is 30.5 Å². The van der Waals surface area contributed by atoms with Crippen molar-refractivity contribution in [2.75, 3.05) is 5.32 Å². The molecule has 0 spiro atoms. The number of anilines is 1. The van der Waals surface area contributed by atoms with Crippen molar-refractivity contribution in [1.82, 2.24) is 9.97 Å². The van der Waals surface area contributed by atoms with Crippen LogP contribution in [0.25, 0.3) is 0 Å². The summed E-state index contributed by atoms with van der Waals surface area (Å²) < 4.78 is 0. The molecule has 19 heavy (non-hydrogen) atoms. The number of hydrogen-bond donors (Lipinski definition) is 1. The van der Waals surface area contributed by atoms with Crippen LogP contribution >= 0.6 is 23.2 Å². The van der Waals surface area contributed by atoms with Crippen molar-refractivity contribution in [1.29, 1.82) is 0 Å². The molecule has 0 saturated carbocycles. The number of carbonyl (C=O) groups is 1. The van der Waals surface area contributed by atoms with Gasteiger partial charge in [-0.2, -0.15) is 0 Å². The highest BCUT2D eigenvalue weighted by Crippen LogP contribution is 2.15. The van der Waals surface area contributed by atoms with Crippen LogP contribution in [0.1, 0.15) is 23.0 Å². The number of nitrogens with one attached hydrogen (secondary N) is 1. The minimum atomic E-state index is -0.297. The van der Waals surface area contributed by atoms with E-state index in [1.54, 1.807) is 18.2 Å². The Bertz CT molecular complexity index is 617. The number of nitrogens with zero attached hydrogens (tertiary/aromatic N) is 2. The highest BCUT2D eigenvalue weighted by Gasteiger charge is 2.10. The van der Waals surface area contributed by atoms with Gasteiger partial charge in [0, 0.05) is 22.5 Å². The number of carbonyl (C=O) groups excluding carboxylic acids is 1. The molecule has 0 unspecified atom stereocenters. The van der Waals surface area contributed by atoms with Crippen LogP contribution in [0.5, 0.6) is 0 Å². The van der Waals surface area contributed by atoms with Crippen molar-refractivity contribution in [3.8, 4) is 0 Å². The number of aromatic nitrogens is 2. The Morgan fingerprint density at radius 2 is 2.11 bits per heavy atom. The molecule has 1 N–H and O–H groups in total. The summed E-state index contributed by atoms with van der Waals surface area (Å²) in [7, 11) is 0. The highest BCUT2D eigenvalue weighted by molar-refractivity contribution is 6.31. The molecule has 4 nitrogen and oxygen atoms in total. The Labute approximate surface area is 120 Å². The first-order valence-corrected chi connectivity index (χ1v) is 6.43. The summed E-state index contributed by atoms with van der Waals surface area (Å²) in [5.41, 5.74) is 1.20. The van der Waals surface area contributed by atoms with Crippen LogP contribution in [0.3, 0.4) is 0 Å². The lowest BCUT2D eigenvalue weighted by molar-refractivity contribution is 0.102. The van der Waals surface area contributed by atoms with Crippen LogP contribution in [-0.2, 0) is 6.42 Å². The molecule has 0 aliphatic heterocycles. The van der Waals surface area contributed by atoms with Crippen LogP contribution in [0.2, 0.25) is 10.2 Å². The Balaban J connectivity index is 2.22. The monoisotopic (exact) mass is 295 g/mol. The van der Waals surface area contributed by atoms with Crippen molar-refractivity contribution in [2.45, 2.75) is 13.3 Å². The number of halogens is 2. The first kappa shape index (κ1) is 13.8. The maximum absolute atomic E-state index is 12.1.